The Kier molecular flexibility index (Phi) is 3.61. The van der Waals surface area contributed by atoms with E-state index in [0.29, 0.717) is 12.3 Å². The summed E-state index contributed by atoms with van der Waals surface area (Å²) in [6.45, 7) is 0. The van der Waals surface area contributed by atoms with Crippen LogP contribution in [-0.4, -0.2) is 5.78 Å². The molecule has 0 amide bonds. The van der Waals surface area contributed by atoms with Crippen molar-refractivity contribution in [2.24, 2.45) is 5.92 Å². The zero-order valence-electron chi connectivity index (χ0n) is 9.22. The highest BCUT2D eigenvalue weighted by Gasteiger charge is 2.13. The third kappa shape index (κ3) is 2.96. The van der Waals surface area contributed by atoms with E-state index in [1.54, 1.807) is 0 Å². The number of carbonyl (C=O) groups is 1. The maximum atomic E-state index is 11.5. The molecule has 1 heteroatoms. The van der Waals surface area contributed by atoms with Gasteiger partial charge in [0.1, 0.15) is 0 Å². The molecule has 0 aromatic heterocycles. The normalized spacial score (nSPS) is 22.9. The average molecular weight is 202 g/mol. The van der Waals surface area contributed by atoms with Crippen LogP contribution in [0.2, 0.25) is 0 Å². The van der Waals surface area contributed by atoms with Gasteiger partial charge in [-0.25, -0.2) is 0 Å². The van der Waals surface area contributed by atoms with Crippen LogP contribution in [0.4, 0.5) is 0 Å². The summed E-state index contributed by atoms with van der Waals surface area (Å²) in [6, 6.07) is 0. The number of rotatable bonds is 0. The van der Waals surface area contributed by atoms with Gasteiger partial charge in [-0.1, -0.05) is 37.2 Å². The molecule has 2 aliphatic rings. The molecule has 0 atom stereocenters. The number of Topliss-reactive ketones (excluding diaryl/α,β-unsaturated/α-hetero) is 1. The van der Waals surface area contributed by atoms with Gasteiger partial charge in [0, 0.05) is 12.3 Å². The molecule has 1 fully saturated rings. The third-order valence-electron chi connectivity index (χ3n) is 3.27. The molecular formula is C14H18O. The van der Waals surface area contributed by atoms with Crippen molar-refractivity contribution in [1.82, 2.24) is 0 Å². The Morgan fingerprint density at radius 2 is 1.93 bits per heavy atom. The molecule has 0 heterocycles. The second-order valence-electron chi connectivity index (χ2n) is 4.54. The monoisotopic (exact) mass is 202 g/mol. The number of hydrogen-bond donors (Lipinski definition) is 0. The predicted octanol–water partition coefficient (Wildman–Crippen LogP) is 3.25. The topological polar surface area (TPSA) is 17.1 Å². The van der Waals surface area contributed by atoms with E-state index >= 15 is 0 Å². The van der Waals surface area contributed by atoms with Gasteiger partial charge in [-0.15, -0.1) is 0 Å². The molecule has 1 saturated carbocycles. The van der Waals surface area contributed by atoms with E-state index in [4.69, 9.17) is 0 Å². The molecule has 15 heavy (non-hydrogen) atoms. The first-order valence-electron chi connectivity index (χ1n) is 6.11. The van der Waals surface area contributed by atoms with Crippen molar-refractivity contribution in [2.45, 2.75) is 51.4 Å². The standard InChI is InChI=1S/C14H18O/c15-14-9-5-4-8-13(14)11-10-12-6-2-1-3-7-12/h8,12H,1-7,9H2. The van der Waals surface area contributed by atoms with Crippen molar-refractivity contribution in [2.75, 3.05) is 0 Å². The Morgan fingerprint density at radius 3 is 2.67 bits per heavy atom. The van der Waals surface area contributed by atoms with E-state index in [1.807, 2.05) is 6.08 Å². The predicted molar refractivity (Wildman–Crippen MR) is 61.3 cm³/mol. The molecule has 0 aliphatic heterocycles. The lowest BCUT2D eigenvalue weighted by Crippen LogP contribution is -2.07. The Hall–Kier alpha value is -1.03. The van der Waals surface area contributed by atoms with Gasteiger partial charge < -0.3 is 0 Å². The highest BCUT2D eigenvalue weighted by atomic mass is 16.1. The summed E-state index contributed by atoms with van der Waals surface area (Å²) in [5.41, 5.74) is 0.784. The highest BCUT2D eigenvalue weighted by Crippen LogP contribution is 2.23. The van der Waals surface area contributed by atoms with Gasteiger partial charge in [0.15, 0.2) is 5.78 Å². The van der Waals surface area contributed by atoms with E-state index in [-0.39, 0.29) is 5.78 Å². The SMILES string of the molecule is O=C1CCCC=C1C#CC1CCCCC1. The molecule has 0 saturated heterocycles. The fraction of sp³-hybridized carbons (Fsp3) is 0.643. The lowest BCUT2D eigenvalue weighted by Gasteiger charge is -2.15. The Morgan fingerprint density at radius 1 is 1.13 bits per heavy atom. The number of hydrogen-bond acceptors (Lipinski definition) is 1. The molecular weight excluding hydrogens is 184 g/mol. The highest BCUT2D eigenvalue weighted by molar-refractivity contribution is 6.00. The Balaban J connectivity index is 1.97. The molecule has 2 rings (SSSR count). The third-order valence-corrected chi connectivity index (χ3v) is 3.27. The van der Waals surface area contributed by atoms with Crippen LogP contribution in [0.15, 0.2) is 11.6 Å². The van der Waals surface area contributed by atoms with E-state index < -0.39 is 0 Å². The molecule has 0 N–H and O–H groups in total. The van der Waals surface area contributed by atoms with E-state index in [2.05, 4.69) is 11.8 Å². The second kappa shape index (κ2) is 5.16. The molecule has 0 unspecified atom stereocenters. The number of allylic oxidation sites excluding steroid dienone is 2. The molecule has 0 aromatic carbocycles. The van der Waals surface area contributed by atoms with Crippen LogP contribution in [-0.2, 0) is 4.79 Å². The average Bonchev–Trinajstić information content (AvgIpc) is 2.29. The van der Waals surface area contributed by atoms with Crippen molar-refractivity contribution in [3.8, 4) is 11.8 Å². The number of ketones is 1. The van der Waals surface area contributed by atoms with Gasteiger partial charge in [0.25, 0.3) is 0 Å². The minimum absolute atomic E-state index is 0.254. The van der Waals surface area contributed by atoms with Gasteiger partial charge in [0.2, 0.25) is 0 Å². The van der Waals surface area contributed by atoms with Crippen LogP contribution in [0.1, 0.15) is 51.4 Å². The summed E-state index contributed by atoms with van der Waals surface area (Å²) in [5, 5.41) is 0. The van der Waals surface area contributed by atoms with Gasteiger partial charge >= 0.3 is 0 Å². The minimum Gasteiger partial charge on any atom is -0.293 e. The summed E-state index contributed by atoms with van der Waals surface area (Å²) in [5.74, 6) is 7.19. The van der Waals surface area contributed by atoms with Crippen molar-refractivity contribution in [3.05, 3.63) is 11.6 Å². The Labute approximate surface area is 91.9 Å². The van der Waals surface area contributed by atoms with E-state index in [0.717, 1.165) is 18.4 Å². The maximum Gasteiger partial charge on any atom is 0.170 e. The van der Waals surface area contributed by atoms with Gasteiger partial charge in [-0.2, -0.15) is 0 Å². The second-order valence-corrected chi connectivity index (χ2v) is 4.54. The molecule has 0 bridgehead atoms. The van der Waals surface area contributed by atoms with Crippen LogP contribution in [0.3, 0.4) is 0 Å². The molecule has 0 spiro atoms. The summed E-state index contributed by atoms with van der Waals surface area (Å²) in [6.07, 6.45) is 11.2. The van der Waals surface area contributed by atoms with Crippen molar-refractivity contribution >= 4 is 5.78 Å². The smallest absolute Gasteiger partial charge is 0.170 e. The molecule has 2 aliphatic carbocycles. The van der Waals surface area contributed by atoms with Crippen molar-refractivity contribution in [3.63, 3.8) is 0 Å². The van der Waals surface area contributed by atoms with Crippen molar-refractivity contribution < 1.29 is 4.79 Å². The first-order valence-corrected chi connectivity index (χ1v) is 6.11. The van der Waals surface area contributed by atoms with Crippen LogP contribution >= 0.6 is 0 Å². The minimum atomic E-state index is 0.254. The molecule has 0 aromatic rings. The lowest BCUT2D eigenvalue weighted by atomic mass is 9.89. The Bertz CT molecular complexity index is 321. The maximum absolute atomic E-state index is 11.5. The summed E-state index contributed by atoms with van der Waals surface area (Å²) in [4.78, 5) is 11.5. The number of carbonyl (C=O) groups excluding carboxylic acids is 1. The molecule has 1 nitrogen and oxygen atoms in total. The van der Waals surface area contributed by atoms with E-state index in [1.165, 1.54) is 32.1 Å². The summed E-state index contributed by atoms with van der Waals surface area (Å²) in [7, 11) is 0. The van der Waals surface area contributed by atoms with Crippen molar-refractivity contribution in [1.29, 1.82) is 0 Å². The van der Waals surface area contributed by atoms with Crippen LogP contribution < -0.4 is 0 Å². The quantitative estimate of drug-likeness (QED) is 0.551. The zero-order chi connectivity index (χ0) is 10.5. The van der Waals surface area contributed by atoms with Crippen LogP contribution in [0.25, 0.3) is 0 Å². The zero-order valence-corrected chi connectivity index (χ0v) is 9.22. The molecule has 0 radical (unpaired) electrons. The first-order chi connectivity index (χ1) is 7.36. The van der Waals surface area contributed by atoms with E-state index in [9.17, 15) is 4.79 Å². The molecule has 80 valence electrons. The van der Waals surface area contributed by atoms with Gasteiger partial charge in [-0.3, -0.25) is 4.79 Å². The van der Waals surface area contributed by atoms with Gasteiger partial charge in [0.05, 0.1) is 5.57 Å². The fourth-order valence-electron chi connectivity index (χ4n) is 2.31. The summed E-state index contributed by atoms with van der Waals surface area (Å²) >= 11 is 0. The fourth-order valence-corrected chi connectivity index (χ4v) is 2.31. The largest absolute Gasteiger partial charge is 0.293 e. The van der Waals surface area contributed by atoms with Gasteiger partial charge in [-0.05, 0) is 25.7 Å². The van der Waals surface area contributed by atoms with Crippen LogP contribution in [0.5, 0.6) is 0 Å². The lowest BCUT2D eigenvalue weighted by molar-refractivity contribution is -0.115. The first kappa shape index (κ1) is 10.5. The summed E-state index contributed by atoms with van der Waals surface area (Å²) < 4.78 is 0. The van der Waals surface area contributed by atoms with Crippen LogP contribution in [0, 0.1) is 17.8 Å².